The van der Waals surface area contributed by atoms with Crippen molar-refractivity contribution in [1.82, 2.24) is 15.1 Å². The van der Waals surface area contributed by atoms with Gasteiger partial charge in [-0.2, -0.15) is 5.10 Å². The number of amides is 1. The van der Waals surface area contributed by atoms with Gasteiger partial charge in [-0.15, -0.1) is 0 Å². The van der Waals surface area contributed by atoms with Crippen LogP contribution in [0.2, 0.25) is 5.02 Å². The van der Waals surface area contributed by atoms with Crippen molar-refractivity contribution in [2.75, 3.05) is 0 Å². The van der Waals surface area contributed by atoms with Crippen LogP contribution in [0.1, 0.15) is 35.3 Å². The van der Waals surface area contributed by atoms with Crippen molar-refractivity contribution < 1.29 is 9.53 Å². The number of rotatable bonds is 7. The maximum absolute atomic E-state index is 12.5. The third kappa shape index (κ3) is 5.18. The smallest absolute Gasteiger partial charge is 0.254 e. The Morgan fingerprint density at radius 1 is 1.19 bits per heavy atom. The quantitative estimate of drug-likeness (QED) is 0.658. The Labute approximate surface area is 163 Å². The van der Waals surface area contributed by atoms with Gasteiger partial charge in [-0.05, 0) is 43.2 Å². The third-order valence-electron chi connectivity index (χ3n) is 4.05. The third-order valence-corrected chi connectivity index (χ3v) is 4.28. The number of benzene rings is 2. The Morgan fingerprint density at radius 3 is 2.70 bits per heavy atom. The number of halogens is 1. The molecule has 0 spiro atoms. The van der Waals surface area contributed by atoms with Crippen LogP contribution in [0.5, 0.6) is 0 Å². The van der Waals surface area contributed by atoms with E-state index in [1.54, 1.807) is 29.2 Å². The van der Waals surface area contributed by atoms with E-state index in [9.17, 15) is 4.79 Å². The number of nitrogens with zero attached hydrogens (tertiary/aromatic N) is 2. The minimum atomic E-state index is -0.178. The summed E-state index contributed by atoms with van der Waals surface area (Å²) in [5, 5.41) is 7.81. The van der Waals surface area contributed by atoms with Gasteiger partial charge in [0.2, 0.25) is 0 Å². The van der Waals surface area contributed by atoms with Crippen LogP contribution in [0.15, 0.2) is 60.9 Å². The molecule has 2 aromatic carbocycles. The molecule has 1 heterocycles. The minimum absolute atomic E-state index is 0.157. The van der Waals surface area contributed by atoms with E-state index in [2.05, 4.69) is 10.4 Å². The molecule has 0 saturated heterocycles. The largest absolute Gasteiger partial charge is 0.374 e. The molecular weight excluding hydrogens is 362 g/mol. The Morgan fingerprint density at radius 2 is 1.96 bits per heavy atom. The molecule has 0 unspecified atom stereocenters. The summed E-state index contributed by atoms with van der Waals surface area (Å²) in [4.78, 5) is 12.5. The number of carbonyl (C=O) groups is 1. The van der Waals surface area contributed by atoms with Gasteiger partial charge >= 0.3 is 0 Å². The van der Waals surface area contributed by atoms with E-state index in [1.807, 2.05) is 50.2 Å². The SMILES string of the molecule is CC(C)OCc1ccccc1CNC(=O)c1cnn(-c2cccc(Cl)c2)c1. The zero-order valence-electron chi connectivity index (χ0n) is 15.4. The summed E-state index contributed by atoms with van der Waals surface area (Å²) < 4.78 is 7.32. The summed E-state index contributed by atoms with van der Waals surface area (Å²) in [5.41, 5.74) is 3.40. The van der Waals surface area contributed by atoms with E-state index in [0.717, 1.165) is 16.8 Å². The second-order valence-corrected chi connectivity index (χ2v) is 6.90. The van der Waals surface area contributed by atoms with E-state index < -0.39 is 0 Å². The molecule has 0 aliphatic carbocycles. The Hall–Kier alpha value is -2.63. The van der Waals surface area contributed by atoms with E-state index >= 15 is 0 Å². The molecule has 0 aliphatic heterocycles. The Kier molecular flexibility index (Phi) is 6.27. The lowest BCUT2D eigenvalue weighted by Crippen LogP contribution is -2.23. The maximum atomic E-state index is 12.5. The molecule has 0 saturated carbocycles. The molecular formula is C21H22ClN3O2. The highest BCUT2D eigenvalue weighted by molar-refractivity contribution is 6.30. The maximum Gasteiger partial charge on any atom is 0.254 e. The lowest BCUT2D eigenvalue weighted by atomic mass is 10.1. The normalized spacial score (nSPS) is 11.0. The number of ether oxygens (including phenoxy) is 1. The van der Waals surface area contributed by atoms with E-state index in [0.29, 0.717) is 23.7 Å². The van der Waals surface area contributed by atoms with Crippen molar-refractivity contribution >= 4 is 17.5 Å². The van der Waals surface area contributed by atoms with E-state index in [-0.39, 0.29) is 12.0 Å². The van der Waals surface area contributed by atoms with Gasteiger partial charge in [0.15, 0.2) is 0 Å². The lowest BCUT2D eigenvalue weighted by Gasteiger charge is -2.12. The van der Waals surface area contributed by atoms with E-state index in [4.69, 9.17) is 16.3 Å². The van der Waals surface area contributed by atoms with E-state index in [1.165, 1.54) is 0 Å². The highest BCUT2D eigenvalue weighted by atomic mass is 35.5. The molecule has 27 heavy (non-hydrogen) atoms. The van der Waals surface area contributed by atoms with Crippen LogP contribution in [-0.4, -0.2) is 21.8 Å². The monoisotopic (exact) mass is 383 g/mol. The average Bonchev–Trinajstić information content (AvgIpc) is 3.15. The van der Waals surface area contributed by atoms with Crippen molar-refractivity contribution in [3.63, 3.8) is 0 Å². The Balaban J connectivity index is 1.65. The fourth-order valence-corrected chi connectivity index (χ4v) is 2.79. The van der Waals surface area contributed by atoms with Crippen LogP contribution in [0.3, 0.4) is 0 Å². The van der Waals surface area contributed by atoms with Crippen LogP contribution in [0.4, 0.5) is 0 Å². The van der Waals surface area contributed by atoms with Crippen LogP contribution in [-0.2, 0) is 17.9 Å². The van der Waals surface area contributed by atoms with Crippen molar-refractivity contribution in [2.45, 2.75) is 33.1 Å². The fraction of sp³-hybridized carbons (Fsp3) is 0.238. The van der Waals surface area contributed by atoms with Gasteiger partial charge in [-0.25, -0.2) is 4.68 Å². The molecule has 5 nitrogen and oxygen atoms in total. The Bertz CT molecular complexity index is 921. The highest BCUT2D eigenvalue weighted by Gasteiger charge is 2.11. The first-order chi connectivity index (χ1) is 13.0. The predicted molar refractivity (Wildman–Crippen MR) is 106 cm³/mol. The first-order valence-corrected chi connectivity index (χ1v) is 9.18. The predicted octanol–water partition coefficient (Wildman–Crippen LogP) is 4.38. The van der Waals surface area contributed by atoms with Crippen LogP contribution in [0, 0.1) is 0 Å². The van der Waals surface area contributed by atoms with Gasteiger partial charge in [-0.1, -0.05) is 41.9 Å². The summed E-state index contributed by atoms with van der Waals surface area (Å²) in [6.45, 7) is 4.96. The molecule has 0 fully saturated rings. The average molecular weight is 384 g/mol. The van der Waals surface area contributed by atoms with Crippen LogP contribution in [0.25, 0.3) is 5.69 Å². The molecule has 6 heteroatoms. The van der Waals surface area contributed by atoms with Gasteiger partial charge in [-0.3, -0.25) is 4.79 Å². The minimum Gasteiger partial charge on any atom is -0.374 e. The van der Waals surface area contributed by atoms with Crippen molar-refractivity contribution in [3.8, 4) is 5.69 Å². The fourth-order valence-electron chi connectivity index (χ4n) is 2.60. The van der Waals surface area contributed by atoms with Gasteiger partial charge in [0, 0.05) is 17.8 Å². The molecule has 0 radical (unpaired) electrons. The first-order valence-electron chi connectivity index (χ1n) is 8.80. The summed E-state index contributed by atoms with van der Waals surface area (Å²) in [6.07, 6.45) is 3.39. The van der Waals surface area contributed by atoms with Gasteiger partial charge in [0.25, 0.3) is 5.91 Å². The second-order valence-electron chi connectivity index (χ2n) is 6.46. The highest BCUT2D eigenvalue weighted by Crippen LogP contribution is 2.15. The number of nitrogens with one attached hydrogen (secondary N) is 1. The standard InChI is InChI=1S/C21H22ClN3O2/c1-15(2)27-14-17-7-4-3-6-16(17)11-23-21(26)18-12-24-25(13-18)20-9-5-8-19(22)10-20/h3-10,12-13,15H,11,14H2,1-2H3,(H,23,26). The molecule has 140 valence electrons. The molecule has 1 N–H and O–H groups in total. The van der Waals surface area contributed by atoms with Crippen LogP contribution >= 0.6 is 11.6 Å². The molecule has 0 aliphatic rings. The van der Waals surface area contributed by atoms with Gasteiger partial charge in [0.1, 0.15) is 0 Å². The van der Waals surface area contributed by atoms with Crippen molar-refractivity contribution in [2.24, 2.45) is 0 Å². The molecule has 3 aromatic rings. The lowest BCUT2D eigenvalue weighted by molar-refractivity contribution is 0.0651. The zero-order chi connectivity index (χ0) is 19.2. The van der Waals surface area contributed by atoms with Crippen molar-refractivity contribution in [3.05, 3.63) is 82.6 Å². The second kappa shape index (κ2) is 8.84. The number of hydrogen-bond acceptors (Lipinski definition) is 3. The molecule has 1 aromatic heterocycles. The van der Waals surface area contributed by atoms with Crippen LogP contribution < -0.4 is 5.32 Å². The summed E-state index contributed by atoms with van der Waals surface area (Å²) in [7, 11) is 0. The summed E-state index contributed by atoms with van der Waals surface area (Å²) in [6, 6.07) is 15.2. The summed E-state index contributed by atoms with van der Waals surface area (Å²) in [5.74, 6) is -0.178. The molecule has 1 amide bonds. The molecule has 3 rings (SSSR count). The molecule has 0 atom stereocenters. The molecule has 0 bridgehead atoms. The van der Waals surface area contributed by atoms with Gasteiger partial charge < -0.3 is 10.1 Å². The topological polar surface area (TPSA) is 56.1 Å². The number of hydrogen-bond donors (Lipinski definition) is 1. The first kappa shape index (κ1) is 19.1. The summed E-state index contributed by atoms with van der Waals surface area (Å²) >= 11 is 6.01. The van der Waals surface area contributed by atoms with Crippen molar-refractivity contribution in [1.29, 1.82) is 0 Å². The van der Waals surface area contributed by atoms with Gasteiger partial charge in [0.05, 0.1) is 30.2 Å². The number of aromatic nitrogens is 2. The zero-order valence-corrected chi connectivity index (χ0v) is 16.1. The number of carbonyl (C=O) groups excluding carboxylic acids is 1.